The Labute approximate surface area is 83.8 Å². The van der Waals surface area contributed by atoms with Gasteiger partial charge >= 0.3 is 0 Å². The van der Waals surface area contributed by atoms with Gasteiger partial charge in [0, 0.05) is 17.9 Å². The number of nitrogens with zero attached hydrogens (tertiary/aromatic N) is 1. The Bertz CT molecular complexity index is 369. The van der Waals surface area contributed by atoms with Gasteiger partial charge in [0.2, 0.25) is 0 Å². The number of aryl methyl sites for hydroxylation is 1. The fourth-order valence-corrected chi connectivity index (χ4v) is 1.60. The van der Waals surface area contributed by atoms with E-state index in [0.717, 1.165) is 41.3 Å². The summed E-state index contributed by atoms with van der Waals surface area (Å²) >= 11 is 0. The number of benzene rings is 1. The van der Waals surface area contributed by atoms with E-state index in [-0.39, 0.29) is 0 Å². The maximum absolute atomic E-state index is 5.99. The van der Waals surface area contributed by atoms with E-state index in [2.05, 4.69) is 16.5 Å². The summed E-state index contributed by atoms with van der Waals surface area (Å²) in [5.41, 5.74) is 19.9. The first-order chi connectivity index (χ1) is 6.59. The van der Waals surface area contributed by atoms with Crippen molar-refractivity contribution in [2.45, 2.75) is 20.4 Å². The molecule has 1 fully saturated rings. The molecule has 1 aliphatic heterocycles. The molecule has 0 saturated carbocycles. The zero-order chi connectivity index (χ0) is 10.3. The van der Waals surface area contributed by atoms with E-state index < -0.39 is 0 Å². The maximum Gasteiger partial charge on any atom is 0.0758 e. The molecule has 4 heteroatoms. The number of nitrogen functional groups attached to an aromatic ring is 2. The van der Waals surface area contributed by atoms with Crippen LogP contribution < -0.4 is 16.9 Å². The smallest absolute Gasteiger partial charge is 0.0758 e. The van der Waals surface area contributed by atoms with E-state index in [4.69, 9.17) is 11.5 Å². The second kappa shape index (κ2) is 3.15. The molecule has 0 amide bonds. The summed E-state index contributed by atoms with van der Waals surface area (Å²) in [6.07, 6.45) is 0. The molecule has 1 unspecified atom stereocenters. The maximum atomic E-state index is 5.99. The quantitative estimate of drug-likeness (QED) is 0.477. The average molecular weight is 192 g/mol. The topological polar surface area (TPSA) is 77.0 Å². The van der Waals surface area contributed by atoms with Crippen molar-refractivity contribution in [2.24, 2.45) is 0 Å². The van der Waals surface area contributed by atoms with Crippen molar-refractivity contribution in [1.82, 2.24) is 10.4 Å². The third-order valence-electron chi connectivity index (χ3n) is 2.71. The van der Waals surface area contributed by atoms with Gasteiger partial charge in [-0.25, -0.2) is 10.4 Å². The number of rotatable bonds is 2. The standard InChI is InChI=1S/C10H16N4/c1-6-3-8(4-14-5-13-14)10(12)7(2)9(6)11/h3,13H,4-5,11-12H2,1-2H3. The fourth-order valence-electron chi connectivity index (χ4n) is 1.60. The number of hydrogen-bond acceptors (Lipinski definition) is 4. The SMILES string of the molecule is Cc1cc(CN2CN2)c(N)c(C)c1N. The van der Waals surface area contributed by atoms with Crippen LogP contribution in [0, 0.1) is 13.8 Å². The summed E-state index contributed by atoms with van der Waals surface area (Å²) in [5.74, 6) is 0. The largest absolute Gasteiger partial charge is 0.398 e. The van der Waals surface area contributed by atoms with Gasteiger partial charge in [-0.1, -0.05) is 6.07 Å². The van der Waals surface area contributed by atoms with E-state index in [1.54, 1.807) is 0 Å². The molecule has 1 heterocycles. The van der Waals surface area contributed by atoms with E-state index >= 15 is 0 Å². The van der Waals surface area contributed by atoms with Crippen molar-refractivity contribution in [3.8, 4) is 0 Å². The molecular formula is C10H16N4. The Morgan fingerprint density at radius 3 is 2.57 bits per heavy atom. The summed E-state index contributed by atoms with van der Waals surface area (Å²) in [7, 11) is 0. The Balaban J connectivity index is 2.38. The van der Waals surface area contributed by atoms with Crippen molar-refractivity contribution < 1.29 is 0 Å². The molecule has 0 radical (unpaired) electrons. The van der Waals surface area contributed by atoms with Gasteiger partial charge in [0.25, 0.3) is 0 Å². The normalized spacial score (nSPS) is 19.7. The van der Waals surface area contributed by atoms with Crippen LogP contribution in [0.15, 0.2) is 6.07 Å². The minimum atomic E-state index is 0.810. The molecule has 1 aromatic carbocycles. The number of hydrogen-bond donors (Lipinski definition) is 3. The number of hydrazine groups is 1. The van der Waals surface area contributed by atoms with Crippen LogP contribution in [0.1, 0.15) is 16.7 Å². The number of nitrogens with one attached hydrogen (secondary N) is 1. The first-order valence-corrected chi connectivity index (χ1v) is 4.72. The molecule has 76 valence electrons. The molecule has 0 aliphatic carbocycles. The molecule has 2 rings (SSSR count). The van der Waals surface area contributed by atoms with Crippen LogP contribution in [0.5, 0.6) is 0 Å². The van der Waals surface area contributed by atoms with Crippen molar-refractivity contribution in [1.29, 1.82) is 0 Å². The zero-order valence-corrected chi connectivity index (χ0v) is 8.59. The van der Waals surface area contributed by atoms with Gasteiger partial charge in [0.05, 0.1) is 6.67 Å². The summed E-state index contributed by atoms with van der Waals surface area (Å²) in [6.45, 7) is 5.79. The highest BCUT2D eigenvalue weighted by Crippen LogP contribution is 2.27. The predicted octanol–water partition coefficient (Wildman–Crippen LogP) is 0.746. The molecule has 1 atom stereocenters. The van der Waals surface area contributed by atoms with Gasteiger partial charge in [-0.15, -0.1) is 0 Å². The first-order valence-electron chi connectivity index (χ1n) is 4.72. The molecule has 14 heavy (non-hydrogen) atoms. The van der Waals surface area contributed by atoms with Crippen LogP contribution in [0.25, 0.3) is 0 Å². The highest BCUT2D eigenvalue weighted by molar-refractivity contribution is 5.68. The Morgan fingerprint density at radius 2 is 2.00 bits per heavy atom. The summed E-state index contributed by atoms with van der Waals surface area (Å²) < 4.78 is 0. The molecule has 0 bridgehead atoms. The lowest BCUT2D eigenvalue weighted by Crippen LogP contribution is -2.08. The minimum absolute atomic E-state index is 0.810. The van der Waals surface area contributed by atoms with Gasteiger partial charge in [-0.3, -0.25) is 0 Å². The monoisotopic (exact) mass is 192 g/mol. The van der Waals surface area contributed by atoms with Crippen molar-refractivity contribution in [3.63, 3.8) is 0 Å². The number of anilines is 2. The fraction of sp³-hybridized carbons (Fsp3) is 0.400. The molecule has 1 aliphatic rings. The van der Waals surface area contributed by atoms with Crippen LogP contribution in [0.3, 0.4) is 0 Å². The van der Waals surface area contributed by atoms with E-state index in [1.807, 2.05) is 13.8 Å². The predicted molar refractivity (Wildman–Crippen MR) is 58.3 cm³/mol. The summed E-state index contributed by atoms with van der Waals surface area (Å²) in [5, 5.41) is 2.10. The Kier molecular flexibility index (Phi) is 2.09. The third-order valence-corrected chi connectivity index (χ3v) is 2.71. The Hall–Kier alpha value is -1.26. The van der Waals surface area contributed by atoms with Crippen LogP contribution in [-0.4, -0.2) is 11.7 Å². The molecule has 0 aromatic heterocycles. The van der Waals surface area contributed by atoms with Crippen LogP contribution >= 0.6 is 0 Å². The van der Waals surface area contributed by atoms with E-state index in [1.165, 1.54) is 0 Å². The summed E-state index contributed by atoms with van der Waals surface area (Å²) in [4.78, 5) is 0. The second-order valence-corrected chi connectivity index (χ2v) is 3.82. The lowest BCUT2D eigenvalue weighted by molar-refractivity contribution is 0.509. The minimum Gasteiger partial charge on any atom is -0.398 e. The first kappa shape index (κ1) is 9.30. The lowest BCUT2D eigenvalue weighted by atomic mass is 10.0. The van der Waals surface area contributed by atoms with Gasteiger partial charge in [0.1, 0.15) is 0 Å². The van der Waals surface area contributed by atoms with E-state index in [0.29, 0.717) is 0 Å². The van der Waals surface area contributed by atoms with E-state index in [9.17, 15) is 0 Å². The van der Waals surface area contributed by atoms with Gasteiger partial charge in [-0.05, 0) is 30.5 Å². The van der Waals surface area contributed by atoms with Crippen LogP contribution in [0.4, 0.5) is 11.4 Å². The zero-order valence-electron chi connectivity index (χ0n) is 8.59. The highest BCUT2D eigenvalue weighted by Gasteiger charge is 2.18. The molecule has 5 N–H and O–H groups in total. The lowest BCUT2D eigenvalue weighted by Gasteiger charge is -2.13. The van der Waals surface area contributed by atoms with Crippen molar-refractivity contribution >= 4 is 11.4 Å². The van der Waals surface area contributed by atoms with Gasteiger partial charge < -0.3 is 11.5 Å². The van der Waals surface area contributed by atoms with Crippen LogP contribution in [-0.2, 0) is 6.54 Å². The molecule has 1 aromatic rings. The molecule has 0 spiro atoms. The Morgan fingerprint density at radius 1 is 1.36 bits per heavy atom. The molecule has 1 saturated heterocycles. The van der Waals surface area contributed by atoms with Crippen molar-refractivity contribution in [3.05, 3.63) is 22.8 Å². The van der Waals surface area contributed by atoms with Crippen LogP contribution in [0.2, 0.25) is 0 Å². The highest BCUT2D eigenvalue weighted by atomic mass is 15.7. The van der Waals surface area contributed by atoms with Gasteiger partial charge in [-0.2, -0.15) is 0 Å². The molecular weight excluding hydrogens is 176 g/mol. The molecule has 4 nitrogen and oxygen atoms in total. The third kappa shape index (κ3) is 1.54. The number of nitrogens with two attached hydrogens (primary N) is 2. The van der Waals surface area contributed by atoms with Gasteiger partial charge in [0.15, 0.2) is 0 Å². The average Bonchev–Trinajstić information content (AvgIpc) is 2.94. The second-order valence-electron chi connectivity index (χ2n) is 3.82. The van der Waals surface area contributed by atoms with Crippen molar-refractivity contribution in [2.75, 3.05) is 18.1 Å². The summed E-state index contributed by atoms with van der Waals surface area (Å²) in [6, 6.07) is 2.07.